The number of carbonyl (C=O) groups is 1. The molecular formula is C8H11N3O2. The standard InChI is InChI=1S/C8H11N3O2/c1-13-8(12)6-4-10-7-5-9-2-3-11(6)7/h4,9H,2-3,5H2,1H3. The molecule has 0 atom stereocenters. The smallest absolute Gasteiger partial charge is 0.356 e. The fraction of sp³-hybridized carbons (Fsp3) is 0.500. The van der Waals surface area contributed by atoms with Gasteiger partial charge in [-0.3, -0.25) is 0 Å². The molecule has 1 aliphatic heterocycles. The number of hydrogen-bond acceptors (Lipinski definition) is 4. The Morgan fingerprint density at radius 2 is 2.62 bits per heavy atom. The maximum absolute atomic E-state index is 11.2. The average Bonchev–Trinajstić information content (AvgIpc) is 2.60. The van der Waals surface area contributed by atoms with Gasteiger partial charge in [0, 0.05) is 13.1 Å². The van der Waals surface area contributed by atoms with Gasteiger partial charge in [-0.05, 0) is 0 Å². The summed E-state index contributed by atoms with van der Waals surface area (Å²) in [7, 11) is 1.38. The minimum atomic E-state index is -0.319. The zero-order valence-corrected chi connectivity index (χ0v) is 7.41. The molecule has 0 saturated heterocycles. The van der Waals surface area contributed by atoms with Crippen molar-refractivity contribution in [2.75, 3.05) is 13.7 Å². The highest BCUT2D eigenvalue weighted by molar-refractivity contribution is 5.87. The summed E-state index contributed by atoms with van der Waals surface area (Å²) in [5.41, 5.74) is 0.541. The van der Waals surface area contributed by atoms with Crippen molar-refractivity contribution in [2.45, 2.75) is 13.1 Å². The van der Waals surface area contributed by atoms with Gasteiger partial charge in [0.15, 0.2) is 0 Å². The highest BCUT2D eigenvalue weighted by atomic mass is 16.5. The van der Waals surface area contributed by atoms with Gasteiger partial charge >= 0.3 is 5.97 Å². The predicted octanol–water partition coefficient (Wildman–Crippen LogP) is -0.227. The molecule has 5 heteroatoms. The molecule has 1 N–H and O–H groups in total. The van der Waals surface area contributed by atoms with Crippen molar-refractivity contribution in [1.29, 1.82) is 0 Å². The van der Waals surface area contributed by atoms with Crippen LogP contribution in [0.3, 0.4) is 0 Å². The van der Waals surface area contributed by atoms with Crippen molar-refractivity contribution in [3.05, 3.63) is 17.7 Å². The molecule has 2 heterocycles. The minimum Gasteiger partial charge on any atom is -0.464 e. The molecule has 0 fully saturated rings. The highest BCUT2D eigenvalue weighted by Crippen LogP contribution is 2.09. The van der Waals surface area contributed by atoms with Gasteiger partial charge in [-0.2, -0.15) is 0 Å². The lowest BCUT2D eigenvalue weighted by molar-refractivity contribution is 0.0587. The summed E-state index contributed by atoms with van der Waals surface area (Å²) in [6.07, 6.45) is 1.56. The largest absolute Gasteiger partial charge is 0.464 e. The van der Waals surface area contributed by atoms with E-state index in [0.717, 1.165) is 25.5 Å². The number of carbonyl (C=O) groups excluding carboxylic acids is 1. The molecule has 0 amide bonds. The fourth-order valence-electron chi connectivity index (χ4n) is 1.46. The normalized spacial score (nSPS) is 15.2. The summed E-state index contributed by atoms with van der Waals surface area (Å²) in [5.74, 6) is 0.576. The number of esters is 1. The molecule has 1 aromatic rings. The Hall–Kier alpha value is -1.36. The van der Waals surface area contributed by atoms with Crippen molar-refractivity contribution in [1.82, 2.24) is 14.9 Å². The highest BCUT2D eigenvalue weighted by Gasteiger charge is 2.18. The first-order chi connectivity index (χ1) is 6.33. The molecule has 0 bridgehead atoms. The molecule has 1 aromatic heterocycles. The van der Waals surface area contributed by atoms with Crippen molar-refractivity contribution in [3.8, 4) is 0 Å². The Balaban J connectivity index is 2.36. The van der Waals surface area contributed by atoms with Gasteiger partial charge in [-0.15, -0.1) is 0 Å². The van der Waals surface area contributed by atoms with Crippen LogP contribution < -0.4 is 5.32 Å². The van der Waals surface area contributed by atoms with Crippen LogP contribution in [0.15, 0.2) is 6.20 Å². The molecule has 70 valence electrons. The summed E-state index contributed by atoms with van der Waals surface area (Å²) in [6.45, 7) is 2.37. The molecular weight excluding hydrogens is 170 g/mol. The monoisotopic (exact) mass is 181 g/mol. The number of rotatable bonds is 1. The van der Waals surface area contributed by atoms with E-state index in [4.69, 9.17) is 0 Å². The molecule has 1 aliphatic rings. The fourth-order valence-corrected chi connectivity index (χ4v) is 1.46. The number of fused-ring (bicyclic) bond motifs is 1. The Morgan fingerprint density at radius 1 is 1.77 bits per heavy atom. The van der Waals surface area contributed by atoms with Crippen LogP contribution in [0.2, 0.25) is 0 Å². The first kappa shape index (κ1) is 8.25. The van der Waals surface area contributed by atoms with Crippen molar-refractivity contribution in [3.63, 3.8) is 0 Å². The van der Waals surface area contributed by atoms with E-state index in [2.05, 4.69) is 15.0 Å². The SMILES string of the molecule is COC(=O)c1cnc2n1CCNC2. The first-order valence-corrected chi connectivity index (χ1v) is 4.16. The Bertz CT molecular complexity index is 332. The molecule has 5 nitrogen and oxygen atoms in total. The number of aromatic nitrogens is 2. The van der Waals surface area contributed by atoms with Gasteiger partial charge in [0.2, 0.25) is 0 Å². The molecule has 0 radical (unpaired) electrons. The van der Waals surface area contributed by atoms with Crippen molar-refractivity contribution >= 4 is 5.97 Å². The van der Waals surface area contributed by atoms with Gasteiger partial charge in [-0.1, -0.05) is 0 Å². The van der Waals surface area contributed by atoms with Crippen LogP contribution in [0, 0.1) is 0 Å². The summed E-state index contributed by atoms with van der Waals surface area (Å²) in [6, 6.07) is 0. The zero-order valence-electron chi connectivity index (χ0n) is 7.41. The summed E-state index contributed by atoms with van der Waals surface area (Å²) < 4.78 is 6.53. The second-order valence-electron chi connectivity index (χ2n) is 2.88. The molecule has 0 aromatic carbocycles. The van der Waals surface area contributed by atoms with E-state index in [0.29, 0.717) is 5.69 Å². The lowest BCUT2D eigenvalue weighted by Crippen LogP contribution is -2.30. The molecule has 0 spiro atoms. The van der Waals surface area contributed by atoms with Crippen molar-refractivity contribution < 1.29 is 9.53 Å². The third-order valence-electron chi connectivity index (χ3n) is 2.13. The third kappa shape index (κ3) is 1.31. The van der Waals surface area contributed by atoms with Crippen LogP contribution in [0.4, 0.5) is 0 Å². The number of methoxy groups -OCH3 is 1. The number of nitrogens with zero attached hydrogens (tertiary/aromatic N) is 2. The summed E-state index contributed by atoms with van der Waals surface area (Å²) in [5, 5.41) is 3.18. The van der Waals surface area contributed by atoms with Gasteiger partial charge in [0.25, 0.3) is 0 Å². The molecule has 0 unspecified atom stereocenters. The quantitative estimate of drug-likeness (QED) is 0.608. The van der Waals surface area contributed by atoms with E-state index < -0.39 is 0 Å². The number of ether oxygens (including phenoxy) is 1. The van der Waals surface area contributed by atoms with Gasteiger partial charge < -0.3 is 14.6 Å². The summed E-state index contributed by atoms with van der Waals surface area (Å²) >= 11 is 0. The van der Waals surface area contributed by atoms with Gasteiger partial charge in [0.1, 0.15) is 11.5 Å². The molecule has 13 heavy (non-hydrogen) atoms. The van der Waals surface area contributed by atoms with E-state index in [9.17, 15) is 4.79 Å². The van der Waals surface area contributed by atoms with E-state index in [1.54, 1.807) is 6.20 Å². The van der Waals surface area contributed by atoms with E-state index in [1.807, 2.05) is 4.57 Å². The minimum absolute atomic E-state index is 0.319. The second-order valence-corrected chi connectivity index (χ2v) is 2.88. The first-order valence-electron chi connectivity index (χ1n) is 4.16. The molecule has 0 aliphatic carbocycles. The maximum atomic E-state index is 11.2. The average molecular weight is 181 g/mol. The van der Waals surface area contributed by atoms with Crippen LogP contribution in [-0.2, 0) is 17.8 Å². The van der Waals surface area contributed by atoms with Gasteiger partial charge in [-0.25, -0.2) is 9.78 Å². The van der Waals surface area contributed by atoms with Crippen molar-refractivity contribution in [2.24, 2.45) is 0 Å². The van der Waals surface area contributed by atoms with Crippen LogP contribution in [0.25, 0.3) is 0 Å². The topological polar surface area (TPSA) is 56.1 Å². The van der Waals surface area contributed by atoms with Crippen LogP contribution in [-0.4, -0.2) is 29.2 Å². The lowest BCUT2D eigenvalue weighted by atomic mass is 10.4. The van der Waals surface area contributed by atoms with E-state index in [1.165, 1.54) is 7.11 Å². The Kier molecular flexibility index (Phi) is 2.02. The summed E-state index contributed by atoms with van der Waals surface area (Å²) in [4.78, 5) is 15.4. The number of imidazole rings is 1. The lowest BCUT2D eigenvalue weighted by Gasteiger charge is -2.16. The number of hydrogen-bond donors (Lipinski definition) is 1. The van der Waals surface area contributed by atoms with Crippen LogP contribution in [0.1, 0.15) is 16.3 Å². The second kappa shape index (κ2) is 3.18. The maximum Gasteiger partial charge on any atom is 0.356 e. The van der Waals surface area contributed by atoms with E-state index in [-0.39, 0.29) is 5.97 Å². The molecule has 0 saturated carbocycles. The van der Waals surface area contributed by atoms with Crippen LogP contribution in [0.5, 0.6) is 0 Å². The zero-order chi connectivity index (χ0) is 9.26. The molecule has 2 rings (SSSR count). The van der Waals surface area contributed by atoms with E-state index >= 15 is 0 Å². The van der Waals surface area contributed by atoms with Gasteiger partial charge in [0.05, 0.1) is 19.9 Å². The van der Waals surface area contributed by atoms with Crippen LogP contribution >= 0.6 is 0 Å². The Labute approximate surface area is 75.7 Å². The number of nitrogens with one attached hydrogen (secondary N) is 1. The Morgan fingerprint density at radius 3 is 3.38 bits per heavy atom. The third-order valence-corrected chi connectivity index (χ3v) is 2.13. The predicted molar refractivity (Wildman–Crippen MR) is 45.3 cm³/mol.